The Kier molecular flexibility index (Phi) is 2.70. The monoisotopic (exact) mass is 208 g/mol. The number of aromatic amines is 1. The highest BCUT2D eigenvalue weighted by molar-refractivity contribution is 5.91. The van der Waals surface area contributed by atoms with Crippen molar-refractivity contribution < 1.29 is 4.79 Å². The molecule has 0 aromatic carbocycles. The Morgan fingerprint density at radius 2 is 2.33 bits per heavy atom. The predicted octanol–water partition coefficient (Wildman–Crippen LogP) is 1.49. The number of hydrogen-bond acceptors (Lipinski definition) is 3. The molecule has 1 aromatic rings. The van der Waals surface area contributed by atoms with Crippen molar-refractivity contribution >= 4 is 11.9 Å². The smallest absolute Gasteiger partial charge is 0.248 e. The summed E-state index contributed by atoms with van der Waals surface area (Å²) in [4.78, 5) is 15.9. The summed E-state index contributed by atoms with van der Waals surface area (Å²) in [5.41, 5.74) is 0. The number of nitrogens with zero attached hydrogens (tertiary/aromatic N) is 2. The molecular weight excluding hydrogens is 192 g/mol. The van der Waals surface area contributed by atoms with E-state index in [4.69, 9.17) is 0 Å². The van der Waals surface area contributed by atoms with E-state index in [2.05, 4.69) is 27.4 Å². The number of H-pyrrole nitrogens is 1. The first-order valence-electron chi connectivity index (χ1n) is 5.36. The van der Waals surface area contributed by atoms with Crippen molar-refractivity contribution in [1.29, 1.82) is 0 Å². The molecule has 2 rings (SSSR count). The Morgan fingerprint density at radius 3 is 2.87 bits per heavy atom. The maximum Gasteiger partial charge on any atom is 0.248 e. The van der Waals surface area contributed by atoms with Crippen LogP contribution in [-0.4, -0.2) is 21.1 Å². The average Bonchev–Trinajstić information content (AvgIpc) is 2.75. The summed E-state index contributed by atoms with van der Waals surface area (Å²) in [7, 11) is 0. The molecule has 1 heterocycles. The zero-order chi connectivity index (χ0) is 10.8. The van der Waals surface area contributed by atoms with Gasteiger partial charge >= 0.3 is 0 Å². The second kappa shape index (κ2) is 4.00. The molecule has 0 aliphatic heterocycles. The molecule has 0 saturated heterocycles. The van der Waals surface area contributed by atoms with Gasteiger partial charge in [-0.1, -0.05) is 13.3 Å². The lowest BCUT2D eigenvalue weighted by Crippen LogP contribution is -2.25. The molecule has 1 aliphatic rings. The van der Waals surface area contributed by atoms with Crippen molar-refractivity contribution in [3.8, 4) is 0 Å². The second-order valence-corrected chi connectivity index (χ2v) is 4.25. The Hall–Kier alpha value is -1.39. The highest BCUT2D eigenvalue weighted by Crippen LogP contribution is 2.31. The van der Waals surface area contributed by atoms with Gasteiger partial charge in [0.25, 0.3) is 0 Å². The average molecular weight is 208 g/mol. The van der Waals surface area contributed by atoms with Crippen molar-refractivity contribution in [3.63, 3.8) is 0 Å². The molecule has 1 fully saturated rings. The van der Waals surface area contributed by atoms with Crippen LogP contribution in [0.2, 0.25) is 0 Å². The summed E-state index contributed by atoms with van der Waals surface area (Å²) < 4.78 is 0. The summed E-state index contributed by atoms with van der Waals surface area (Å²) in [5.74, 6) is 1.76. The Bertz CT molecular complexity index is 360. The first kappa shape index (κ1) is 10.1. The van der Waals surface area contributed by atoms with Gasteiger partial charge in [-0.25, -0.2) is 0 Å². The lowest BCUT2D eigenvalue weighted by Gasteiger charge is -2.12. The second-order valence-electron chi connectivity index (χ2n) is 4.25. The molecular formula is C10H16N4O. The molecule has 2 N–H and O–H groups in total. The number of aromatic nitrogens is 3. The first-order chi connectivity index (χ1) is 7.16. The molecule has 5 heteroatoms. The SMILES string of the molecule is Cc1nc(NC(=O)C2CCCC2C)n[nH]1. The van der Waals surface area contributed by atoms with Crippen molar-refractivity contribution in [2.24, 2.45) is 11.8 Å². The lowest BCUT2D eigenvalue weighted by molar-refractivity contribution is -0.120. The molecule has 1 aliphatic carbocycles. The van der Waals surface area contributed by atoms with Gasteiger partial charge in [-0.15, -0.1) is 5.10 Å². The fraction of sp³-hybridized carbons (Fsp3) is 0.700. The summed E-state index contributed by atoms with van der Waals surface area (Å²) in [6, 6.07) is 0. The van der Waals surface area contributed by atoms with E-state index in [1.165, 1.54) is 0 Å². The third-order valence-electron chi connectivity index (χ3n) is 3.03. The van der Waals surface area contributed by atoms with Gasteiger partial charge in [-0.05, 0) is 25.7 Å². The number of aryl methyl sites for hydroxylation is 1. The Balaban J connectivity index is 1.97. The van der Waals surface area contributed by atoms with Crippen LogP contribution in [0.15, 0.2) is 0 Å². The predicted molar refractivity (Wildman–Crippen MR) is 56.3 cm³/mol. The van der Waals surface area contributed by atoms with Crippen LogP contribution in [0.25, 0.3) is 0 Å². The highest BCUT2D eigenvalue weighted by atomic mass is 16.2. The number of anilines is 1. The zero-order valence-electron chi connectivity index (χ0n) is 9.08. The van der Waals surface area contributed by atoms with Crippen molar-refractivity contribution in [2.75, 3.05) is 5.32 Å². The van der Waals surface area contributed by atoms with E-state index in [9.17, 15) is 4.79 Å². The number of carbonyl (C=O) groups excluding carboxylic acids is 1. The summed E-state index contributed by atoms with van der Waals surface area (Å²) in [5, 5.41) is 9.33. The maximum atomic E-state index is 11.8. The highest BCUT2D eigenvalue weighted by Gasteiger charge is 2.30. The summed E-state index contributed by atoms with van der Waals surface area (Å²) in [6.45, 7) is 3.93. The number of hydrogen-bond donors (Lipinski definition) is 2. The number of carbonyl (C=O) groups is 1. The van der Waals surface area contributed by atoms with Gasteiger partial charge in [0.05, 0.1) is 0 Å². The van der Waals surface area contributed by atoms with Crippen LogP contribution in [0.1, 0.15) is 32.0 Å². The van der Waals surface area contributed by atoms with Gasteiger partial charge in [0.2, 0.25) is 11.9 Å². The number of amides is 1. The number of nitrogens with one attached hydrogen (secondary N) is 2. The van der Waals surface area contributed by atoms with Crippen molar-refractivity contribution in [1.82, 2.24) is 15.2 Å². The third kappa shape index (κ3) is 2.16. The first-order valence-corrected chi connectivity index (χ1v) is 5.36. The molecule has 5 nitrogen and oxygen atoms in total. The number of rotatable bonds is 2. The minimum absolute atomic E-state index is 0.0546. The standard InChI is InChI=1S/C10H16N4O/c1-6-4-3-5-8(6)9(15)12-10-11-7(2)13-14-10/h6,8H,3-5H2,1-2H3,(H2,11,12,13,14,15). The largest absolute Gasteiger partial charge is 0.293 e. The molecule has 82 valence electrons. The molecule has 0 bridgehead atoms. The van der Waals surface area contributed by atoms with Gasteiger partial charge in [-0.2, -0.15) is 4.98 Å². The van der Waals surface area contributed by atoms with E-state index in [1.54, 1.807) is 6.92 Å². The Morgan fingerprint density at radius 1 is 1.53 bits per heavy atom. The minimum atomic E-state index is 0.0546. The normalized spacial score (nSPS) is 25.5. The molecule has 2 unspecified atom stereocenters. The fourth-order valence-corrected chi connectivity index (χ4v) is 2.14. The van der Waals surface area contributed by atoms with Gasteiger partial charge in [0.1, 0.15) is 5.82 Å². The van der Waals surface area contributed by atoms with E-state index >= 15 is 0 Å². The minimum Gasteiger partial charge on any atom is -0.293 e. The molecule has 1 amide bonds. The topological polar surface area (TPSA) is 70.7 Å². The molecule has 1 aromatic heterocycles. The summed E-state index contributed by atoms with van der Waals surface area (Å²) >= 11 is 0. The van der Waals surface area contributed by atoms with Crippen LogP contribution in [0.3, 0.4) is 0 Å². The van der Waals surface area contributed by atoms with E-state index in [-0.39, 0.29) is 11.8 Å². The van der Waals surface area contributed by atoms with Crippen LogP contribution < -0.4 is 5.32 Å². The molecule has 0 spiro atoms. The van der Waals surface area contributed by atoms with Gasteiger partial charge in [0, 0.05) is 5.92 Å². The molecule has 1 saturated carbocycles. The van der Waals surface area contributed by atoms with E-state index in [0.717, 1.165) is 19.3 Å². The third-order valence-corrected chi connectivity index (χ3v) is 3.03. The van der Waals surface area contributed by atoms with Crippen LogP contribution in [0.5, 0.6) is 0 Å². The molecule has 0 radical (unpaired) electrons. The van der Waals surface area contributed by atoms with Crippen molar-refractivity contribution in [3.05, 3.63) is 5.82 Å². The van der Waals surface area contributed by atoms with Gasteiger partial charge in [-0.3, -0.25) is 15.2 Å². The fourth-order valence-electron chi connectivity index (χ4n) is 2.14. The maximum absolute atomic E-state index is 11.8. The van der Waals surface area contributed by atoms with Crippen LogP contribution in [0.4, 0.5) is 5.95 Å². The lowest BCUT2D eigenvalue weighted by atomic mass is 9.97. The van der Waals surface area contributed by atoms with Crippen LogP contribution in [-0.2, 0) is 4.79 Å². The van der Waals surface area contributed by atoms with E-state index < -0.39 is 0 Å². The quantitative estimate of drug-likeness (QED) is 0.773. The van der Waals surface area contributed by atoms with Crippen LogP contribution in [0, 0.1) is 18.8 Å². The van der Waals surface area contributed by atoms with E-state index in [1.807, 2.05) is 0 Å². The van der Waals surface area contributed by atoms with Gasteiger partial charge in [0.15, 0.2) is 0 Å². The molecule has 15 heavy (non-hydrogen) atoms. The van der Waals surface area contributed by atoms with Gasteiger partial charge < -0.3 is 0 Å². The van der Waals surface area contributed by atoms with E-state index in [0.29, 0.717) is 17.7 Å². The molecule has 2 atom stereocenters. The Labute approximate surface area is 88.7 Å². The van der Waals surface area contributed by atoms with Crippen molar-refractivity contribution in [2.45, 2.75) is 33.1 Å². The zero-order valence-corrected chi connectivity index (χ0v) is 9.08. The van der Waals surface area contributed by atoms with Crippen LogP contribution >= 0.6 is 0 Å². The summed E-state index contributed by atoms with van der Waals surface area (Å²) in [6.07, 6.45) is 3.27.